The molecule has 106 valence electrons. The summed E-state index contributed by atoms with van der Waals surface area (Å²) < 4.78 is 13.6. The standard InChI is InChI=1S/C15H23FN2O/c1-3-4-5-6-11(2)18-10-13-9-12(15(17)19)7-8-14(13)16/h7-9,11,18H,3-6,10H2,1-2H3,(H2,17,19). The van der Waals surface area contributed by atoms with Gasteiger partial charge in [-0.3, -0.25) is 4.79 Å². The molecule has 1 rings (SSSR count). The van der Waals surface area contributed by atoms with Gasteiger partial charge < -0.3 is 11.1 Å². The lowest BCUT2D eigenvalue weighted by Gasteiger charge is -2.14. The first-order valence-corrected chi connectivity index (χ1v) is 6.86. The van der Waals surface area contributed by atoms with E-state index in [9.17, 15) is 9.18 Å². The van der Waals surface area contributed by atoms with Crippen LogP contribution in [0.3, 0.4) is 0 Å². The zero-order valence-electron chi connectivity index (χ0n) is 11.7. The number of hydrogen-bond acceptors (Lipinski definition) is 2. The molecule has 0 bridgehead atoms. The summed E-state index contributed by atoms with van der Waals surface area (Å²) in [5.74, 6) is -0.837. The van der Waals surface area contributed by atoms with Crippen LogP contribution in [0.5, 0.6) is 0 Å². The molecule has 0 radical (unpaired) electrons. The van der Waals surface area contributed by atoms with E-state index >= 15 is 0 Å². The van der Waals surface area contributed by atoms with E-state index in [0.717, 1.165) is 6.42 Å². The topological polar surface area (TPSA) is 55.1 Å². The fraction of sp³-hybridized carbons (Fsp3) is 0.533. The Morgan fingerprint density at radius 3 is 2.79 bits per heavy atom. The summed E-state index contributed by atoms with van der Waals surface area (Å²) in [5, 5.41) is 3.27. The lowest BCUT2D eigenvalue weighted by molar-refractivity contribution is 0.1000. The van der Waals surface area contributed by atoms with Gasteiger partial charge in [0.1, 0.15) is 5.82 Å². The molecule has 1 amide bonds. The third kappa shape index (κ3) is 5.39. The van der Waals surface area contributed by atoms with E-state index in [4.69, 9.17) is 5.73 Å². The average molecular weight is 266 g/mol. The van der Waals surface area contributed by atoms with Crippen molar-refractivity contribution in [3.05, 3.63) is 35.1 Å². The monoisotopic (exact) mass is 266 g/mol. The molecule has 0 fully saturated rings. The molecule has 0 aromatic heterocycles. The molecule has 1 aromatic carbocycles. The molecule has 0 aliphatic heterocycles. The Kier molecular flexibility index (Phi) is 6.50. The highest BCUT2D eigenvalue weighted by atomic mass is 19.1. The van der Waals surface area contributed by atoms with Gasteiger partial charge in [0.25, 0.3) is 0 Å². The molecule has 0 saturated heterocycles. The highest BCUT2D eigenvalue weighted by molar-refractivity contribution is 5.92. The van der Waals surface area contributed by atoms with Gasteiger partial charge in [-0.05, 0) is 31.5 Å². The number of nitrogens with two attached hydrogens (primary N) is 1. The molecular weight excluding hydrogens is 243 g/mol. The van der Waals surface area contributed by atoms with Crippen LogP contribution < -0.4 is 11.1 Å². The normalized spacial score (nSPS) is 12.4. The summed E-state index contributed by atoms with van der Waals surface area (Å²) in [4.78, 5) is 11.1. The van der Waals surface area contributed by atoms with E-state index in [2.05, 4.69) is 19.2 Å². The highest BCUT2D eigenvalue weighted by Crippen LogP contribution is 2.11. The molecule has 0 spiro atoms. The van der Waals surface area contributed by atoms with Crippen molar-refractivity contribution in [2.24, 2.45) is 5.73 Å². The van der Waals surface area contributed by atoms with E-state index in [1.807, 2.05) is 0 Å². The molecule has 0 aliphatic carbocycles. The number of halogens is 1. The number of primary amides is 1. The quantitative estimate of drug-likeness (QED) is 0.711. The number of carbonyl (C=O) groups is 1. The first-order valence-electron chi connectivity index (χ1n) is 6.86. The van der Waals surface area contributed by atoms with Crippen LogP contribution in [0.1, 0.15) is 55.5 Å². The largest absolute Gasteiger partial charge is 0.366 e. The minimum atomic E-state index is -0.530. The van der Waals surface area contributed by atoms with Crippen molar-refractivity contribution in [1.82, 2.24) is 5.32 Å². The van der Waals surface area contributed by atoms with E-state index in [1.165, 1.54) is 37.5 Å². The fourth-order valence-electron chi connectivity index (χ4n) is 1.95. The van der Waals surface area contributed by atoms with Gasteiger partial charge in [-0.25, -0.2) is 4.39 Å². The number of nitrogens with one attached hydrogen (secondary N) is 1. The summed E-state index contributed by atoms with van der Waals surface area (Å²) in [6, 6.07) is 4.55. The summed E-state index contributed by atoms with van der Waals surface area (Å²) in [7, 11) is 0. The maximum absolute atomic E-state index is 13.6. The van der Waals surface area contributed by atoms with Crippen LogP contribution in [0.2, 0.25) is 0 Å². The Morgan fingerprint density at radius 1 is 1.42 bits per heavy atom. The Hall–Kier alpha value is -1.42. The predicted molar refractivity (Wildman–Crippen MR) is 75.4 cm³/mol. The van der Waals surface area contributed by atoms with Gasteiger partial charge in [-0.1, -0.05) is 26.2 Å². The van der Waals surface area contributed by atoms with Crippen molar-refractivity contribution in [1.29, 1.82) is 0 Å². The fourth-order valence-corrected chi connectivity index (χ4v) is 1.95. The van der Waals surface area contributed by atoms with Crippen LogP contribution in [0, 0.1) is 5.82 Å². The zero-order valence-corrected chi connectivity index (χ0v) is 11.7. The molecule has 0 heterocycles. The van der Waals surface area contributed by atoms with E-state index in [1.54, 1.807) is 0 Å². The number of benzene rings is 1. The van der Waals surface area contributed by atoms with Crippen molar-refractivity contribution in [2.45, 2.75) is 52.1 Å². The van der Waals surface area contributed by atoms with E-state index in [-0.39, 0.29) is 5.82 Å². The minimum absolute atomic E-state index is 0.307. The third-order valence-corrected chi connectivity index (χ3v) is 3.21. The first kappa shape index (κ1) is 15.6. The maximum atomic E-state index is 13.6. The highest BCUT2D eigenvalue weighted by Gasteiger charge is 2.08. The van der Waals surface area contributed by atoms with Crippen molar-refractivity contribution in [3.8, 4) is 0 Å². The third-order valence-electron chi connectivity index (χ3n) is 3.21. The van der Waals surface area contributed by atoms with Gasteiger partial charge in [0, 0.05) is 23.7 Å². The van der Waals surface area contributed by atoms with Crippen molar-refractivity contribution < 1.29 is 9.18 Å². The SMILES string of the molecule is CCCCCC(C)NCc1cc(C(N)=O)ccc1F. The summed E-state index contributed by atoms with van der Waals surface area (Å²) >= 11 is 0. The molecule has 3 nitrogen and oxygen atoms in total. The van der Waals surface area contributed by atoms with Crippen LogP contribution in [0.15, 0.2) is 18.2 Å². The lowest BCUT2D eigenvalue weighted by Crippen LogP contribution is -2.26. The molecule has 3 N–H and O–H groups in total. The van der Waals surface area contributed by atoms with Gasteiger partial charge in [-0.15, -0.1) is 0 Å². The lowest BCUT2D eigenvalue weighted by atomic mass is 10.1. The van der Waals surface area contributed by atoms with Gasteiger partial charge >= 0.3 is 0 Å². The predicted octanol–water partition coefficient (Wildman–Crippen LogP) is 2.98. The maximum Gasteiger partial charge on any atom is 0.248 e. The van der Waals surface area contributed by atoms with Crippen molar-refractivity contribution in [3.63, 3.8) is 0 Å². The summed E-state index contributed by atoms with van der Waals surface area (Å²) in [6.45, 7) is 4.68. The summed E-state index contributed by atoms with van der Waals surface area (Å²) in [6.07, 6.45) is 4.67. The van der Waals surface area contributed by atoms with Crippen LogP contribution in [0.4, 0.5) is 4.39 Å². The molecule has 0 aliphatic rings. The van der Waals surface area contributed by atoms with Crippen LogP contribution in [-0.4, -0.2) is 11.9 Å². The number of amides is 1. The van der Waals surface area contributed by atoms with Gasteiger partial charge in [0.15, 0.2) is 0 Å². The van der Waals surface area contributed by atoms with E-state index < -0.39 is 5.91 Å². The number of carbonyl (C=O) groups excluding carboxylic acids is 1. The summed E-state index contributed by atoms with van der Waals surface area (Å²) in [5.41, 5.74) is 6.02. The molecule has 1 aromatic rings. The molecular formula is C15H23FN2O. The Balaban J connectivity index is 2.52. The molecule has 1 unspecified atom stereocenters. The van der Waals surface area contributed by atoms with Gasteiger partial charge in [0.05, 0.1) is 0 Å². The minimum Gasteiger partial charge on any atom is -0.366 e. The second-order valence-electron chi connectivity index (χ2n) is 4.95. The Labute approximate surface area is 114 Å². The number of hydrogen-bond donors (Lipinski definition) is 2. The van der Waals surface area contributed by atoms with Crippen molar-refractivity contribution >= 4 is 5.91 Å². The smallest absolute Gasteiger partial charge is 0.248 e. The zero-order chi connectivity index (χ0) is 14.3. The molecule has 0 saturated carbocycles. The Bertz CT molecular complexity index is 421. The van der Waals surface area contributed by atoms with Crippen LogP contribution >= 0.6 is 0 Å². The van der Waals surface area contributed by atoms with E-state index in [0.29, 0.717) is 23.7 Å². The Morgan fingerprint density at radius 2 is 2.16 bits per heavy atom. The van der Waals surface area contributed by atoms with Crippen molar-refractivity contribution in [2.75, 3.05) is 0 Å². The number of unbranched alkanes of at least 4 members (excludes halogenated alkanes) is 2. The molecule has 19 heavy (non-hydrogen) atoms. The second kappa shape index (κ2) is 7.89. The van der Waals surface area contributed by atoms with Gasteiger partial charge in [0.2, 0.25) is 5.91 Å². The van der Waals surface area contributed by atoms with Crippen LogP contribution in [-0.2, 0) is 6.54 Å². The number of rotatable bonds is 8. The second-order valence-corrected chi connectivity index (χ2v) is 4.95. The first-order chi connectivity index (χ1) is 9.04. The average Bonchev–Trinajstić information content (AvgIpc) is 2.37. The molecule has 4 heteroatoms. The van der Waals surface area contributed by atoms with Crippen LogP contribution in [0.25, 0.3) is 0 Å². The van der Waals surface area contributed by atoms with Gasteiger partial charge in [-0.2, -0.15) is 0 Å². The molecule has 1 atom stereocenters.